The molecule has 0 amide bonds. The van der Waals surface area contributed by atoms with Crippen LogP contribution in [0.2, 0.25) is 0 Å². The van der Waals surface area contributed by atoms with E-state index >= 15 is 0 Å². The molecule has 15 heavy (non-hydrogen) atoms. The number of nitrogens with zero attached hydrogens (tertiary/aromatic N) is 1. The largest absolute Gasteiger partial charge is 0.461 e. The highest BCUT2D eigenvalue weighted by atomic mass is 16.6. The maximum Gasteiger partial charge on any atom is 0.302 e. The fourth-order valence-electron chi connectivity index (χ4n) is 1.11. The average molecular weight is 209 g/mol. The van der Waals surface area contributed by atoms with Crippen LogP contribution in [0.5, 0.6) is 0 Å². The predicted molar refractivity (Wildman–Crippen MR) is 53.3 cm³/mol. The highest BCUT2D eigenvalue weighted by Gasteiger charge is 2.09. The Hall–Kier alpha value is -1.91. The summed E-state index contributed by atoms with van der Waals surface area (Å²) in [5.41, 5.74) is 1.52. The zero-order chi connectivity index (χ0) is 11.4. The molecule has 0 saturated carbocycles. The molecule has 0 radical (unpaired) electrons. The zero-order valence-corrected chi connectivity index (χ0v) is 8.52. The molecule has 0 aliphatic heterocycles. The minimum Gasteiger partial charge on any atom is -0.461 e. The van der Waals surface area contributed by atoms with Crippen molar-refractivity contribution in [2.45, 2.75) is 20.5 Å². The van der Waals surface area contributed by atoms with Crippen LogP contribution in [0.4, 0.5) is 5.69 Å². The van der Waals surface area contributed by atoms with Gasteiger partial charge >= 0.3 is 5.97 Å². The Labute approximate surface area is 86.8 Å². The van der Waals surface area contributed by atoms with Crippen LogP contribution in [0.15, 0.2) is 18.2 Å². The lowest BCUT2D eigenvalue weighted by Crippen LogP contribution is -2.01. The van der Waals surface area contributed by atoms with E-state index in [-0.39, 0.29) is 12.3 Å². The molecule has 0 aliphatic carbocycles. The van der Waals surface area contributed by atoms with Crippen LogP contribution in [0.1, 0.15) is 18.1 Å². The van der Waals surface area contributed by atoms with Gasteiger partial charge in [-0.05, 0) is 18.1 Å². The minimum atomic E-state index is -0.475. The fraction of sp³-hybridized carbons (Fsp3) is 0.300. The van der Waals surface area contributed by atoms with Crippen LogP contribution in [0, 0.1) is 17.0 Å². The first-order valence-corrected chi connectivity index (χ1v) is 4.38. The van der Waals surface area contributed by atoms with Crippen molar-refractivity contribution in [1.82, 2.24) is 0 Å². The number of benzene rings is 1. The lowest BCUT2D eigenvalue weighted by atomic mass is 10.1. The van der Waals surface area contributed by atoms with E-state index in [1.165, 1.54) is 19.1 Å². The number of nitro benzene ring substituents is 1. The van der Waals surface area contributed by atoms with Gasteiger partial charge in [-0.1, -0.05) is 6.07 Å². The Kier molecular flexibility index (Phi) is 3.38. The van der Waals surface area contributed by atoms with Gasteiger partial charge in [-0.3, -0.25) is 14.9 Å². The molecular formula is C10H11NO4. The first-order chi connectivity index (χ1) is 7.00. The van der Waals surface area contributed by atoms with Crippen molar-refractivity contribution in [3.8, 4) is 0 Å². The van der Waals surface area contributed by atoms with Crippen LogP contribution in [0.25, 0.3) is 0 Å². The number of nitro groups is 1. The monoisotopic (exact) mass is 209 g/mol. The first-order valence-electron chi connectivity index (χ1n) is 4.38. The highest BCUT2D eigenvalue weighted by Crippen LogP contribution is 2.17. The quantitative estimate of drug-likeness (QED) is 0.433. The van der Waals surface area contributed by atoms with Crippen LogP contribution < -0.4 is 0 Å². The van der Waals surface area contributed by atoms with Crippen molar-refractivity contribution < 1.29 is 14.5 Å². The van der Waals surface area contributed by atoms with Gasteiger partial charge in [-0.25, -0.2) is 0 Å². The molecule has 0 N–H and O–H groups in total. The molecule has 0 fully saturated rings. The fourth-order valence-corrected chi connectivity index (χ4v) is 1.11. The van der Waals surface area contributed by atoms with Crippen LogP contribution >= 0.6 is 0 Å². The molecule has 0 bridgehead atoms. The van der Waals surface area contributed by atoms with Gasteiger partial charge in [0, 0.05) is 19.1 Å². The van der Waals surface area contributed by atoms with E-state index in [4.69, 9.17) is 4.74 Å². The molecule has 0 unspecified atom stereocenters. The Morgan fingerprint density at radius 3 is 2.73 bits per heavy atom. The number of rotatable bonds is 3. The van der Waals surface area contributed by atoms with E-state index in [0.717, 1.165) is 5.56 Å². The lowest BCUT2D eigenvalue weighted by Gasteiger charge is -2.05. The molecule has 80 valence electrons. The second-order valence-electron chi connectivity index (χ2n) is 3.15. The topological polar surface area (TPSA) is 69.4 Å². The number of ether oxygens (including phenoxy) is 1. The van der Waals surface area contributed by atoms with E-state index in [0.29, 0.717) is 5.56 Å². The van der Waals surface area contributed by atoms with Gasteiger partial charge in [-0.2, -0.15) is 0 Å². The van der Waals surface area contributed by atoms with Gasteiger partial charge in [0.15, 0.2) is 0 Å². The molecule has 5 heteroatoms. The molecule has 5 nitrogen and oxygen atoms in total. The average Bonchev–Trinajstić information content (AvgIpc) is 2.16. The second kappa shape index (κ2) is 4.54. The number of aryl methyl sites for hydroxylation is 1. The number of hydrogen-bond donors (Lipinski definition) is 0. The van der Waals surface area contributed by atoms with Crippen molar-refractivity contribution in [1.29, 1.82) is 0 Å². The van der Waals surface area contributed by atoms with Gasteiger partial charge in [0.2, 0.25) is 0 Å². The summed E-state index contributed by atoms with van der Waals surface area (Å²) < 4.78 is 4.78. The normalized spacial score (nSPS) is 9.73. The van der Waals surface area contributed by atoms with Gasteiger partial charge < -0.3 is 4.74 Å². The summed E-state index contributed by atoms with van der Waals surface area (Å²) in [4.78, 5) is 20.6. The van der Waals surface area contributed by atoms with Crippen molar-refractivity contribution in [3.63, 3.8) is 0 Å². The van der Waals surface area contributed by atoms with Crippen molar-refractivity contribution in [2.75, 3.05) is 0 Å². The molecule has 0 saturated heterocycles. The third kappa shape index (κ3) is 3.05. The smallest absolute Gasteiger partial charge is 0.302 e. The standard InChI is InChI=1S/C10H11NO4/c1-7-3-4-10(11(13)14)5-9(7)6-15-8(2)12/h3-5H,6H2,1-2H3. The third-order valence-corrected chi connectivity index (χ3v) is 1.97. The first kappa shape index (κ1) is 11.2. The van der Waals surface area contributed by atoms with Gasteiger partial charge in [0.25, 0.3) is 5.69 Å². The van der Waals surface area contributed by atoms with E-state index < -0.39 is 10.9 Å². The highest BCUT2D eigenvalue weighted by molar-refractivity contribution is 5.66. The van der Waals surface area contributed by atoms with E-state index in [1.54, 1.807) is 6.07 Å². The molecule has 1 aromatic carbocycles. The number of carbonyl (C=O) groups is 1. The summed E-state index contributed by atoms with van der Waals surface area (Å²) in [5.74, 6) is -0.402. The Morgan fingerprint density at radius 1 is 1.53 bits per heavy atom. The minimum absolute atomic E-state index is 0.00255. The molecule has 1 rings (SSSR count). The van der Waals surface area contributed by atoms with Crippen molar-refractivity contribution in [3.05, 3.63) is 39.4 Å². The Morgan fingerprint density at radius 2 is 2.20 bits per heavy atom. The maximum atomic E-state index is 10.6. The number of esters is 1. The summed E-state index contributed by atoms with van der Waals surface area (Å²) >= 11 is 0. The molecule has 0 atom stereocenters. The second-order valence-corrected chi connectivity index (χ2v) is 3.15. The van der Waals surface area contributed by atoms with Crippen LogP contribution in [-0.2, 0) is 16.1 Å². The van der Waals surface area contributed by atoms with Gasteiger partial charge in [0.05, 0.1) is 4.92 Å². The van der Waals surface area contributed by atoms with Gasteiger partial charge in [-0.15, -0.1) is 0 Å². The summed E-state index contributed by atoms with van der Waals surface area (Å²) in [6.07, 6.45) is 0. The Bertz CT molecular complexity index is 400. The lowest BCUT2D eigenvalue weighted by molar-refractivity contribution is -0.385. The third-order valence-electron chi connectivity index (χ3n) is 1.97. The predicted octanol–water partition coefficient (Wildman–Crippen LogP) is 1.97. The zero-order valence-electron chi connectivity index (χ0n) is 8.52. The summed E-state index contributed by atoms with van der Waals surface area (Å²) in [5, 5.41) is 10.5. The van der Waals surface area contributed by atoms with Gasteiger partial charge in [0.1, 0.15) is 6.61 Å². The number of non-ortho nitro benzene ring substituents is 1. The molecule has 0 spiro atoms. The summed E-state index contributed by atoms with van der Waals surface area (Å²) in [7, 11) is 0. The number of hydrogen-bond acceptors (Lipinski definition) is 4. The molecule has 0 heterocycles. The number of carbonyl (C=O) groups excluding carboxylic acids is 1. The van der Waals surface area contributed by atoms with Crippen LogP contribution in [0.3, 0.4) is 0 Å². The van der Waals surface area contributed by atoms with E-state index in [1.807, 2.05) is 6.92 Å². The Balaban J connectivity index is 2.90. The molecule has 0 aromatic heterocycles. The summed E-state index contributed by atoms with van der Waals surface area (Å²) in [6, 6.07) is 4.47. The van der Waals surface area contributed by atoms with Crippen molar-refractivity contribution in [2.24, 2.45) is 0 Å². The van der Waals surface area contributed by atoms with Crippen molar-refractivity contribution >= 4 is 11.7 Å². The van der Waals surface area contributed by atoms with Crippen LogP contribution in [-0.4, -0.2) is 10.9 Å². The maximum absolute atomic E-state index is 10.6. The van der Waals surface area contributed by atoms with E-state index in [2.05, 4.69) is 0 Å². The van der Waals surface area contributed by atoms with E-state index in [9.17, 15) is 14.9 Å². The summed E-state index contributed by atoms with van der Waals surface area (Å²) in [6.45, 7) is 3.18. The molecular weight excluding hydrogens is 198 g/mol. The molecule has 0 aliphatic rings. The SMILES string of the molecule is CC(=O)OCc1cc([N+](=O)[O-])ccc1C. The molecule has 1 aromatic rings.